The number of fused-ring (bicyclic) bond motifs is 1. The molecule has 1 aliphatic heterocycles. The molecule has 3 heterocycles. The Kier molecular flexibility index (Phi) is 5.26. The van der Waals surface area contributed by atoms with Gasteiger partial charge < -0.3 is 14.7 Å². The summed E-state index contributed by atoms with van der Waals surface area (Å²) in [6.07, 6.45) is 3.44. The summed E-state index contributed by atoms with van der Waals surface area (Å²) in [5.74, 6) is 0.599. The van der Waals surface area contributed by atoms with Crippen molar-refractivity contribution in [3.05, 3.63) is 93.9 Å². The minimum absolute atomic E-state index is 0.0536. The van der Waals surface area contributed by atoms with Crippen molar-refractivity contribution in [1.29, 1.82) is 0 Å². The van der Waals surface area contributed by atoms with E-state index in [2.05, 4.69) is 15.2 Å². The van der Waals surface area contributed by atoms with Crippen LogP contribution in [0.3, 0.4) is 0 Å². The molecule has 33 heavy (non-hydrogen) atoms. The molecule has 0 spiro atoms. The van der Waals surface area contributed by atoms with Crippen molar-refractivity contribution in [3.63, 3.8) is 0 Å². The van der Waals surface area contributed by atoms with E-state index in [0.29, 0.717) is 34.1 Å². The van der Waals surface area contributed by atoms with E-state index < -0.39 is 6.04 Å². The number of carbonyl (C=O) groups excluding carboxylic acids is 1. The molecule has 1 aliphatic rings. The van der Waals surface area contributed by atoms with Gasteiger partial charge in [-0.15, -0.1) is 0 Å². The number of nitrogens with zero attached hydrogens (tertiary/aromatic N) is 3. The van der Waals surface area contributed by atoms with Gasteiger partial charge in [-0.3, -0.25) is 14.9 Å². The molecule has 0 unspecified atom stereocenters. The smallest absolute Gasteiger partial charge is 0.273 e. The first kappa shape index (κ1) is 21.0. The Hall–Kier alpha value is -3.84. The van der Waals surface area contributed by atoms with Crippen LogP contribution >= 0.6 is 11.6 Å². The van der Waals surface area contributed by atoms with Gasteiger partial charge in [-0.05, 0) is 53.9 Å². The molecule has 2 aromatic carbocycles. The summed E-state index contributed by atoms with van der Waals surface area (Å²) >= 11 is 6.36. The van der Waals surface area contributed by atoms with Gasteiger partial charge in [0.05, 0.1) is 13.2 Å². The Labute approximate surface area is 195 Å². The number of pyridine rings is 1. The lowest BCUT2D eigenvalue weighted by Gasteiger charge is -2.26. The van der Waals surface area contributed by atoms with E-state index in [9.17, 15) is 9.90 Å². The first-order chi connectivity index (χ1) is 16.0. The number of aromatic hydroxyl groups is 1. The highest BCUT2D eigenvalue weighted by molar-refractivity contribution is 6.31. The van der Waals surface area contributed by atoms with Crippen molar-refractivity contribution in [1.82, 2.24) is 20.1 Å². The summed E-state index contributed by atoms with van der Waals surface area (Å²) < 4.78 is 5.31. The van der Waals surface area contributed by atoms with Gasteiger partial charge in [0.2, 0.25) is 0 Å². The van der Waals surface area contributed by atoms with Crippen LogP contribution in [-0.2, 0) is 6.54 Å². The lowest BCUT2D eigenvalue weighted by Crippen LogP contribution is -2.29. The Morgan fingerprint density at radius 3 is 2.70 bits per heavy atom. The summed E-state index contributed by atoms with van der Waals surface area (Å²) in [4.78, 5) is 19.4. The zero-order chi connectivity index (χ0) is 23.1. The summed E-state index contributed by atoms with van der Waals surface area (Å²) in [5.41, 5.74) is 4.61. The van der Waals surface area contributed by atoms with Gasteiger partial charge in [-0.2, -0.15) is 5.10 Å². The maximum absolute atomic E-state index is 13.5. The van der Waals surface area contributed by atoms with Gasteiger partial charge in [0.25, 0.3) is 5.91 Å². The number of aryl methyl sites for hydroxylation is 1. The highest BCUT2D eigenvalue weighted by atomic mass is 35.5. The van der Waals surface area contributed by atoms with Crippen LogP contribution in [0.5, 0.6) is 11.5 Å². The van der Waals surface area contributed by atoms with Crippen LogP contribution in [-0.4, -0.2) is 38.2 Å². The van der Waals surface area contributed by atoms with Gasteiger partial charge in [-0.25, -0.2) is 0 Å². The average Bonchev–Trinajstić information content (AvgIpc) is 3.36. The average molecular weight is 461 g/mol. The lowest BCUT2D eigenvalue weighted by atomic mass is 9.95. The van der Waals surface area contributed by atoms with Gasteiger partial charge in [0, 0.05) is 35.1 Å². The van der Waals surface area contributed by atoms with Crippen molar-refractivity contribution in [2.45, 2.75) is 19.5 Å². The number of ether oxygens (including phenoxy) is 1. The van der Waals surface area contributed by atoms with E-state index in [4.69, 9.17) is 16.3 Å². The number of phenols is 1. The second-order valence-electron chi connectivity index (χ2n) is 7.95. The fourth-order valence-corrected chi connectivity index (χ4v) is 4.41. The number of H-pyrrole nitrogens is 1. The molecule has 0 saturated carbocycles. The molecule has 8 heteroatoms. The van der Waals surface area contributed by atoms with Crippen LogP contribution in [0.15, 0.2) is 60.9 Å². The number of amides is 1. The fraction of sp³-hybridized carbons (Fsp3) is 0.160. The van der Waals surface area contributed by atoms with Crippen molar-refractivity contribution in [2.24, 2.45) is 0 Å². The first-order valence-electron chi connectivity index (χ1n) is 10.4. The third kappa shape index (κ3) is 3.60. The third-order valence-electron chi connectivity index (χ3n) is 5.90. The largest absolute Gasteiger partial charge is 0.507 e. The quantitative estimate of drug-likeness (QED) is 0.442. The summed E-state index contributed by atoms with van der Waals surface area (Å²) in [7, 11) is 1.61. The fourth-order valence-electron chi connectivity index (χ4n) is 4.24. The maximum Gasteiger partial charge on any atom is 0.273 e. The van der Waals surface area contributed by atoms with E-state index in [-0.39, 0.29) is 11.7 Å². The number of benzene rings is 2. The van der Waals surface area contributed by atoms with E-state index in [1.807, 2.05) is 43.3 Å². The van der Waals surface area contributed by atoms with Gasteiger partial charge in [-0.1, -0.05) is 29.8 Å². The van der Waals surface area contributed by atoms with Crippen LogP contribution in [0.25, 0.3) is 11.3 Å². The number of aromatic nitrogens is 3. The molecule has 166 valence electrons. The topological polar surface area (TPSA) is 91.3 Å². The maximum atomic E-state index is 13.5. The van der Waals surface area contributed by atoms with E-state index in [1.54, 1.807) is 36.5 Å². The molecule has 4 aromatic rings. The third-order valence-corrected chi connectivity index (χ3v) is 6.31. The lowest BCUT2D eigenvalue weighted by molar-refractivity contribution is 0.0730. The normalized spacial score (nSPS) is 15.1. The van der Waals surface area contributed by atoms with Crippen molar-refractivity contribution in [2.75, 3.05) is 7.11 Å². The van der Waals surface area contributed by atoms with Crippen molar-refractivity contribution >= 4 is 17.5 Å². The van der Waals surface area contributed by atoms with Crippen LogP contribution in [0.4, 0.5) is 0 Å². The molecule has 0 fully saturated rings. The van der Waals surface area contributed by atoms with E-state index >= 15 is 0 Å². The second-order valence-corrected chi connectivity index (χ2v) is 8.36. The molecular weight excluding hydrogens is 440 g/mol. The number of hydrogen-bond acceptors (Lipinski definition) is 5. The van der Waals surface area contributed by atoms with E-state index in [1.165, 1.54) is 0 Å². The second kappa shape index (κ2) is 8.26. The summed E-state index contributed by atoms with van der Waals surface area (Å²) in [6.45, 7) is 2.19. The Morgan fingerprint density at radius 2 is 2.00 bits per heavy atom. The molecule has 0 saturated heterocycles. The number of halogens is 1. The number of methoxy groups -OCH3 is 1. The molecule has 1 amide bonds. The Balaban J connectivity index is 1.67. The number of hydrogen-bond donors (Lipinski definition) is 2. The van der Waals surface area contributed by atoms with Crippen LogP contribution in [0, 0.1) is 6.92 Å². The zero-order valence-corrected chi connectivity index (χ0v) is 18.8. The van der Waals surface area contributed by atoms with Gasteiger partial charge in [0.15, 0.2) is 0 Å². The minimum atomic E-state index is -0.424. The molecule has 0 bridgehead atoms. The number of nitrogens with one attached hydrogen (secondary N) is 1. The monoisotopic (exact) mass is 460 g/mol. The standard InChI is InChI=1S/C25H21ClN4O3/c1-14-10-20(31)18(11-19(14)26)22-21-23(29-28-22)25(32)30(13-15-4-3-9-27-12-15)24(21)16-5-7-17(33-2)8-6-16/h3-12,24,31H,13H2,1-2H3,(H,28,29)/t24-/m1/s1. The van der Waals surface area contributed by atoms with Crippen LogP contribution < -0.4 is 4.74 Å². The van der Waals surface area contributed by atoms with Gasteiger partial charge >= 0.3 is 0 Å². The summed E-state index contributed by atoms with van der Waals surface area (Å²) in [6, 6.07) is 14.2. The highest BCUT2D eigenvalue weighted by Gasteiger charge is 2.42. The summed E-state index contributed by atoms with van der Waals surface area (Å²) in [5, 5.41) is 18.5. The molecule has 5 rings (SSSR count). The van der Waals surface area contributed by atoms with Crippen LogP contribution in [0.2, 0.25) is 5.02 Å². The number of rotatable bonds is 5. The van der Waals surface area contributed by atoms with Gasteiger partial charge in [0.1, 0.15) is 22.9 Å². The molecule has 1 atom stereocenters. The predicted octanol–water partition coefficient (Wildman–Crippen LogP) is 4.89. The van der Waals surface area contributed by atoms with E-state index in [0.717, 1.165) is 22.4 Å². The number of carbonyl (C=O) groups is 1. The molecule has 2 N–H and O–H groups in total. The zero-order valence-electron chi connectivity index (χ0n) is 18.0. The van der Waals surface area contributed by atoms with Crippen LogP contribution in [0.1, 0.15) is 38.8 Å². The highest BCUT2D eigenvalue weighted by Crippen LogP contribution is 2.46. The molecule has 2 aromatic heterocycles. The molecule has 0 radical (unpaired) electrons. The SMILES string of the molecule is COc1ccc([C@@H]2c3c(-c4cc(Cl)c(C)cc4O)n[nH]c3C(=O)N2Cc2cccnc2)cc1. The minimum Gasteiger partial charge on any atom is -0.507 e. The molecular formula is C25H21ClN4O3. The number of phenolic OH excluding ortho intramolecular Hbond substituents is 1. The number of aromatic amines is 1. The first-order valence-corrected chi connectivity index (χ1v) is 10.8. The van der Waals surface area contributed by atoms with Crippen molar-refractivity contribution in [3.8, 4) is 22.8 Å². The molecule has 7 nitrogen and oxygen atoms in total. The predicted molar refractivity (Wildman–Crippen MR) is 124 cm³/mol. The Morgan fingerprint density at radius 1 is 1.21 bits per heavy atom. The van der Waals surface area contributed by atoms with Crippen molar-refractivity contribution < 1.29 is 14.6 Å². The Bertz CT molecular complexity index is 1340. The molecule has 0 aliphatic carbocycles.